The molecule has 0 saturated heterocycles. The van der Waals surface area contributed by atoms with Crippen LogP contribution in [-0.2, 0) is 0 Å². The van der Waals surface area contributed by atoms with Crippen molar-refractivity contribution < 1.29 is 19.7 Å². The molecule has 26 heavy (non-hydrogen) atoms. The van der Waals surface area contributed by atoms with Crippen molar-refractivity contribution in [2.45, 2.75) is 26.2 Å². The van der Waals surface area contributed by atoms with E-state index in [1.54, 1.807) is 24.3 Å². The number of hydrogen-bond donors (Lipinski definition) is 2. The lowest BCUT2D eigenvalue weighted by molar-refractivity contribution is 0.372. The molecule has 0 amide bonds. The summed E-state index contributed by atoms with van der Waals surface area (Å²) in [5.41, 5.74) is 3.89. The lowest BCUT2D eigenvalue weighted by Gasteiger charge is -2.19. The van der Waals surface area contributed by atoms with E-state index in [4.69, 9.17) is 9.47 Å². The highest BCUT2D eigenvalue weighted by atomic mass is 16.5. The average molecular weight is 354 g/mol. The van der Waals surface area contributed by atoms with Crippen molar-refractivity contribution in [1.29, 1.82) is 0 Å². The van der Waals surface area contributed by atoms with E-state index in [1.165, 1.54) is 14.2 Å². The van der Waals surface area contributed by atoms with Crippen LogP contribution in [0.5, 0.6) is 23.0 Å². The first-order chi connectivity index (χ1) is 12.5. The van der Waals surface area contributed by atoms with Crippen LogP contribution < -0.4 is 9.47 Å². The smallest absolute Gasteiger partial charge is 0.160 e. The Bertz CT molecular complexity index is 903. The molecule has 1 heterocycles. The van der Waals surface area contributed by atoms with E-state index in [0.717, 1.165) is 23.3 Å². The number of benzene rings is 2. The molecular weight excluding hydrogens is 332 g/mol. The number of methoxy groups -OCH3 is 2. The molecule has 0 spiro atoms. The number of nitrogens with zero attached hydrogens (tertiary/aromatic N) is 2. The molecule has 2 aromatic carbocycles. The molecule has 2 N–H and O–H groups in total. The summed E-state index contributed by atoms with van der Waals surface area (Å²) in [6.45, 7) is 4.02. The van der Waals surface area contributed by atoms with Gasteiger partial charge in [-0.2, -0.15) is 5.10 Å². The first-order valence-corrected chi connectivity index (χ1v) is 8.40. The van der Waals surface area contributed by atoms with Crippen LogP contribution in [-0.4, -0.2) is 35.9 Å². The van der Waals surface area contributed by atoms with Gasteiger partial charge in [0.2, 0.25) is 0 Å². The van der Waals surface area contributed by atoms with Crippen LogP contribution in [0.15, 0.2) is 40.5 Å². The number of aromatic hydroxyl groups is 2. The standard InChI is InChI=1S/C20H22N2O4/c1-5-13-11(2)21-22-20(12-6-7-18(25-3)16(23)8-12)15-9-17(24)19(26-4)10-14(13)15/h6-10,13,23-24H,5H2,1-4H3. The maximum Gasteiger partial charge on any atom is 0.160 e. The van der Waals surface area contributed by atoms with Crippen molar-refractivity contribution in [2.75, 3.05) is 14.2 Å². The number of phenols is 2. The van der Waals surface area contributed by atoms with Gasteiger partial charge >= 0.3 is 0 Å². The van der Waals surface area contributed by atoms with Crippen LogP contribution in [0, 0.1) is 0 Å². The van der Waals surface area contributed by atoms with Gasteiger partial charge in [-0.1, -0.05) is 6.92 Å². The minimum atomic E-state index is 0.0176. The Morgan fingerprint density at radius 3 is 2.27 bits per heavy atom. The summed E-state index contributed by atoms with van der Waals surface area (Å²) in [5.74, 6) is 0.906. The quantitative estimate of drug-likeness (QED) is 0.874. The fourth-order valence-electron chi connectivity index (χ4n) is 3.28. The topological polar surface area (TPSA) is 83.6 Å². The lowest BCUT2D eigenvalue weighted by Crippen LogP contribution is -2.12. The van der Waals surface area contributed by atoms with Crippen LogP contribution in [0.1, 0.15) is 42.9 Å². The fraction of sp³-hybridized carbons (Fsp3) is 0.300. The zero-order valence-corrected chi connectivity index (χ0v) is 15.3. The second kappa shape index (κ2) is 7.07. The Morgan fingerprint density at radius 1 is 0.962 bits per heavy atom. The van der Waals surface area contributed by atoms with Gasteiger partial charge in [-0.25, -0.2) is 0 Å². The van der Waals surface area contributed by atoms with E-state index in [2.05, 4.69) is 17.1 Å². The van der Waals surface area contributed by atoms with Gasteiger partial charge < -0.3 is 19.7 Å². The van der Waals surface area contributed by atoms with Gasteiger partial charge in [-0.15, -0.1) is 5.10 Å². The summed E-state index contributed by atoms with van der Waals surface area (Å²) in [6, 6.07) is 8.54. The summed E-state index contributed by atoms with van der Waals surface area (Å²) in [7, 11) is 3.02. The highest BCUT2D eigenvalue weighted by Crippen LogP contribution is 2.38. The molecule has 0 aliphatic carbocycles. The molecule has 0 saturated carbocycles. The molecule has 6 nitrogen and oxygen atoms in total. The molecule has 0 fully saturated rings. The normalized spacial score (nSPS) is 16.2. The number of ether oxygens (including phenoxy) is 2. The largest absolute Gasteiger partial charge is 0.504 e. The zero-order valence-electron chi connectivity index (χ0n) is 15.3. The molecule has 1 atom stereocenters. The SMILES string of the molecule is CCC1C(C)=NN=C(c2ccc(OC)c(O)c2)c2cc(O)c(OC)cc21. The summed E-state index contributed by atoms with van der Waals surface area (Å²) >= 11 is 0. The van der Waals surface area contributed by atoms with Crippen molar-refractivity contribution in [3.8, 4) is 23.0 Å². The van der Waals surface area contributed by atoms with E-state index >= 15 is 0 Å². The fourth-order valence-corrected chi connectivity index (χ4v) is 3.28. The number of hydrogen-bond acceptors (Lipinski definition) is 6. The van der Waals surface area contributed by atoms with Gasteiger partial charge in [0.15, 0.2) is 23.0 Å². The predicted octanol–water partition coefficient (Wildman–Crippen LogP) is 3.84. The van der Waals surface area contributed by atoms with E-state index in [9.17, 15) is 10.2 Å². The molecule has 0 radical (unpaired) electrons. The summed E-state index contributed by atoms with van der Waals surface area (Å²) in [6.07, 6.45) is 0.840. The van der Waals surface area contributed by atoms with Gasteiger partial charge in [0.25, 0.3) is 0 Å². The second-order valence-electron chi connectivity index (χ2n) is 6.15. The van der Waals surface area contributed by atoms with Gasteiger partial charge in [0, 0.05) is 22.8 Å². The molecule has 136 valence electrons. The highest BCUT2D eigenvalue weighted by Gasteiger charge is 2.26. The van der Waals surface area contributed by atoms with E-state index in [-0.39, 0.29) is 17.4 Å². The highest BCUT2D eigenvalue weighted by molar-refractivity contribution is 6.16. The predicted molar refractivity (Wildman–Crippen MR) is 101 cm³/mol. The van der Waals surface area contributed by atoms with Gasteiger partial charge in [-0.05, 0) is 49.2 Å². The molecule has 6 heteroatoms. The zero-order chi connectivity index (χ0) is 18.8. The van der Waals surface area contributed by atoms with Gasteiger partial charge in [-0.3, -0.25) is 0 Å². The van der Waals surface area contributed by atoms with Crippen LogP contribution in [0.2, 0.25) is 0 Å². The van der Waals surface area contributed by atoms with Crippen molar-refractivity contribution in [3.05, 3.63) is 47.0 Å². The minimum absolute atomic E-state index is 0.0176. The molecule has 2 aromatic rings. The minimum Gasteiger partial charge on any atom is -0.504 e. The van der Waals surface area contributed by atoms with Crippen LogP contribution in [0.4, 0.5) is 0 Å². The molecule has 3 rings (SSSR count). The maximum atomic E-state index is 10.3. The molecule has 0 bridgehead atoms. The van der Waals surface area contributed by atoms with E-state index in [0.29, 0.717) is 22.8 Å². The average Bonchev–Trinajstić information content (AvgIpc) is 2.76. The number of fused-ring (bicyclic) bond motifs is 1. The van der Waals surface area contributed by atoms with Crippen molar-refractivity contribution in [3.63, 3.8) is 0 Å². The molecular formula is C20H22N2O4. The van der Waals surface area contributed by atoms with Crippen molar-refractivity contribution >= 4 is 11.4 Å². The third-order valence-electron chi connectivity index (χ3n) is 4.65. The summed E-state index contributed by atoms with van der Waals surface area (Å²) in [5, 5.41) is 29.2. The third-order valence-corrected chi connectivity index (χ3v) is 4.65. The Kier molecular flexibility index (Phi) is 4.84. The second-order valence-corrected chi connectivity index (χ2v) is 6.15. The molecule has 1 unspecified atom stereocenters. The lowest BCUT2D eigenvalue weighted by atomic mass is 9.85. The van der Waals surface area contributed by atoms with Crippen molar-refractivity contribution in [2.24, 2.45) is 10.2 Å². The van der Waals surface area contributed by atoms with Crippen LogP contribution in [0.3, 0.4) is 0 Å². The van der Waals surface area contributed by atoms with E-state index in [1.807, 2.05) is 13.0 Å². The monoisotopic (exact) mass is 354 g/mol. The van der Waals surface area contributed by atoms with Crippen molar-refractivity contribution in [1.82, 2.24) is 0 Å². The number of rotatable bonds is 4. The van der Waals surface area contributed by atoms with Crippen LogP contribution >= 0.6 is 0 Å². The first-order valence-electron chi connectivity index (χ1n) is 8.40. The molecule has 1 aliphatic rings. The summed E-state index contributed by atoms with van der Waals surface area (Å²) in [4.78, 5) is 0. The van der Waals surface area contributed by atoms with Gasteiger partial charge in [0.05, 0.1) is 14.2 Å². The molecule has 1 aliphatic heterocycles. The van der Waals surface area contributed by atoms with Gasteiger partial charge in [0.1, 0.15) is 5.71 Å². The number of phenolic OH excluding ortho intramolecular Hbond substituents is 2. The van der Waals surface area contributed by atoms with E-state index < -0.39 is 0 Å². The van der Waals surface area contributed by atoms with Crippen LogP contribution in [0.25, 0.3) is 0 Å². The maximum absolute atomic E-state index is 10.3. The third kappa shape index (κ3) is 2.98. The Morgan fingerprint density at radius 2 is 1.65 bits per heavy atom. The Balaban J connectivity index is 2.24. The Labute approximate surface area is 152 Å². The Hall–Kier alpha value is -3.02. The molecule has 0 aromatic heterocycles. The first kappa shape index (κ1) is 17.8. The summed E-state index contributed by atoms with van der Waals surface area (Å²) < 4.78 is 10.4.